The molecule has 0 aliphatic carbocycles. The van der Waals surface area contributed by atoms with Gasteiger partial charge in [-0.3, -0.25) is 10.1 Å². The molecule has 1 saturated heterocycles. The third-order valence-corrected chi connectivity index (χ3v) is 8.42. The number of benzene rings is 1. The van der Waals surface area contributed by atoms with Gasteiger partial charge in [0.15, 0.2) is 11.6 Å². The molecule has 0 bridgehead atoms. The third kappa shape index (κ3) is 5.29. The van der Waals surface area contributed by atoms with E-state index in [0.717, 1.165) is 11.6 Å². The fraction of sp³-hybridized carbons (Fsp3) is 0.464. The average molecular weight is 591 g/mol. The van der Waals surface area contributed by atoms with Crippen LogP contribution < -0.4 is 5.32 Å². The van der Waals surface area contributed by atoms with Gasteiger partial charge in [0, 0.05) is 62.5 Å². The second-order valence-electron chi connectivity index (χ2n) is 11.0. The van der Waals surface area contributed by atoms with Crippen LogP contribution in [0.25, 0.3) is 0 Å². The second kappa shape index (κ2) is 10.6. The van der Waals surface area contributed by atoms with E-state index < -0.39 is 47.8 Å². The summed E-state index contributed by atoms with van der Waals surface area (Å²) < 4.78 is 75.8. The number of rotatable bonds is 4. The Balaban J connectivity index is 1.22. The summed E-state index contributed by atoms with van der Waals surface area (Å²) in [6.45, 7) is 0.504. The molecule has 9 nitrogen and oxygen atoms in total. The molecule has 1 N–H and O–H groups in total. The van der Waals surface area contributed by atoms with Crippen molar-refractivity contribution >= 4 is 17.8 Å². The fourth-order valence-corrected chi connectivity index (χ4v) is 6.34. The molecule has 3 aromatic rings. The molecule has 2 amide bonds. The summed E-state index contributed by atoms with van der Waals surface area (Å²) in [5.74, 6) is -3.22. The lowest BCUT2D eigenvalue weighted by atomic mass is 9.83. The number of pyridine rings is 1. The zero-order valence-electron chi connectivity index (χ0n) is 22.3. The van der Waals surface area contributed by atoms with Gasteiger partial charge in [-0.05, 0) is 36.6 Å². The maximum Gasteiger partial charge on any atom is 0.413 e. The van der Waals surface area contributed by atoms with E-state index in [9.17, 15) is 31.5 Å². The molecule has 14 heteroatoms. The van der Waals surface area contributed by atoms with Gasteiger partial charge in [0.25, 0.3) is 0 Å². The number of alkyl halides is 3. The van der Waals surface area contributed by atoms with Gasteiger partial charge in [0.2, 0.25) is 5.91 Å². The maximum atomic E-state index is 14.7. The van der Waals surface area contributed by atoms with Crippen molar-refractivity contribution < 1.29 is 36.3 Å². The largest absolute Gasteiger partial charge is 0.437 e. The van der Waals surface area contributed by atoms with Crippen molar-refractivity contribution in [2.75, 3.05) is 18.4 Å². The Morgan fingerprint density at radius 2 is 1.88 bits per heavy atom. The topological polar surface area (TPSA) is 102 Å². The minimum absolute atomic E-state index is 0.0466. The molecule has 222 valence electrons. The van der Waals surface area contributed by atoms with Crippen LogP contribution in [0.2, 0.25) is 0 Å². The molecule has 3 aliphatic heterocycles. The molecule has 0 radical (unpaired) electrons. The summed E-state index contributed by atoms with van der Waals surface area (Å²) in [6, 6.07) is 7.34. The van der Waals surface area contributed by atoms with Crippen molar-refractivity contribution in [2.24, 2.45) is 0 Å². The molecule has 1 aromatic carbocycles. The Bertz CT molecular complexity index is 1520. The highest BCUT2D eigenvalue weighted by atomic mass is 19.4. The predicted molar refractivity (Wildman–Crippen MR) is 137 cm³/mol. The molecule has 2 atom stereocenters. The van der Waals surface area contributed by atoms with Crippen molar-refractivity contribution in [3.05, 3.63) is 70.9 Å². The van der Waals surface area contributed by atoms with E-state index in [1.54, 1.807) is 17.2 Å². The van der Waals surface area contributed by atoms with Gasteiger partial charge in [-0.1, -0.05) is 12.1 Å². The van der Waals surface area contributed by atoms with E-state index in [1.807, 2.05) is 6.07 Å². The summed E-state index contributed by atoms with van der Waals surface area (Å²) in [4.78, 5) is 31.6. The van der Waals surface area contributed by atoms with Gasteiger partial charge >= 0.3 is 12.3 Å². The lowest BCUT2D eigenvalue weighted by Crippen LogP contribution is -2.50. The first-order valence-electron chi connectivity index (χ1n) is 13.7. The minimum Gasteiger partial charge on any atom is -0.437 e. The number of aromatic nitrogens is 4. The van der Waals surface area contributed by atoms with Gasteiger partial charge in [-0.2, -0.15) is 13.2 Å². The Morgan fingerprint density at radius 1 is 1.10 bits per heavy atom. The first-order valence-corrected chi connectivity index (χ1v) is 13.7. The summed E-state index contributed by atoms with van der Waals surface area (Å²) in [5.41, 5.74) is -0.117. The number of hydrogen-bond acceptors (Lipinski definition) is 6. The summed E-state index contributed by atoms with van der Waals surface area (Å²) in [5, 5.41) is 10.4. The third-order valence-electron chi connectivity index (χ3n) is 8.42. The van der Waals surface area contributed by atoms with Crippen molar-refractivity contribution in [3.63, 3.8) is 0 Å². The molecule has 0 saturated carbocycles. The molecule has 6 rings (SSSR count). The van der Waals surface area contributed by atoms with Crippen LogP contribution in [0.15, 0.2) is 36.5 Å². The molecular formula is C28H27F5N6O3. The molecule has 1 fully saturated rings. The van der Waals surface area contributed by atoms with E-state index in [2.05, 4.69) is 20.5 Å². The zero-order chi connectivity index (χ0) is 29.6. The van der Waals surface area contributed by atoms with Crippen molar-refractivity contribution in [2.45, 2.75) is 68.7 Å². The van der Waals surface area contributed by atoms with Crippen LogP contribution in [-0.2, 0) is 28.1 Å². The highest BCUT2D eigenvalue weighted by Crippen LogP contribution is 2.43. The quantitative estimate of drug-likeness (QED) is 0.420. The number of anilines is 1. The van der Waals surface area contributed by atoms with Crippen LogP contribution in [-0.4, -0.2) is 55.9 Å². The number of ether oxygens (including phenoxy) is 1. The zero-order valence-corrected chi connectivity index (χ0v) is 22.3. The number of likely N-dealkylation sites (tertiary alicyclic amines) is 1. The van der Waals surface area contributed by atoms with Crippen LogP contribution in [0, 0.1) is 11.6 Å². The van der Waals surface area contributed by atoms with E-state index in [-0.39, 0.29) is 49.2 Å². The number of fused-ring (bicyclic) bond motifs is 3. The van der Waals surface area contributed by atoms with E-state index >= 15 is 0 Å². The average Bonchev–Trinajstić information content (AvgIpc) is 3.22. The second-order valence-corrected chi connectivity index (χ2v) is 11.0. The summed E-state index contributed by atoms with van der Waals surface area (Å²) in [6.07, 6.45) is -3.67. The van der Waals surface area contributed by atoms with Crippen molar-refractivity contribution in [1.82, 2.24) is 24.6 Å². The maximum absolute atomic E-state index is 14.7. The molecule has 5 heterocycles. The van der Waals surface area contributed by atoms with Gasteiger partial charge < -0.3 is 14.2 Å². The molecule has 2 aromatic heterocycles. The van der Waals surface area contributed by atoms with E-state index in [1.165, 1.54) is 16.7 Å². The highest BCUT2D eigenvalue weighted by molar-refractivity contribution is 5.87. The number of nitrogens with zero attached hydrogens (tertiary/aromatic N) is 5. The number of halogens is 5. The van der Waals surface area contributed by atoms with Crippen LogP contribution in [0.5, 0.6) is 0 Å². The number of carbonyl (C=O) groups excluding carboxylic acids is 2. The van der Waals surface area contributed by atoms with Crippen LogP contribution >= 0.6 is 0 Å². The fourth-order valence-electron chi connectivity index (χ4n) is 6.34. The number of piperidine rings is 1. The number of hydrogen-bond donors (Lipinski definition) is 1. The monoisotopic (exact) mass is 590 g/mol. The first kappa shape index (κ1) is 28.0. The summed E-state index contributed by atoms with van der Waals surface area (Å²) in [7, 11) is 0. The Hall–Kier alpha value is -4.10. The highest BCUT2D eigenvalue weighted by Gasteiger charge is 2.46. The number of amides is 2. The van der Waals surface area contributed by atoms with Crippen molar-refractivity contribution in [3.8, 4) is 0 Å². The number of carbonyl (C=O) groups is 2. The van der Waals surface area contributed by atoms with Gasteiger partial charge in [-0.25, -0.2) is 18.6 Å². The van der Waals surface area contributed by atoms with Gasteiger partial charge in [-0.15, -0.1) is 10.2 Å². The Kier molecular flexibility index (Phi) is 7.09. The van der Waals surface area contributed by atoms with Crippen LogP contribution in [0.1, 0.15) is 66.7 Å². The Labute approximate surface area is 237 Å². The lowest BCUT2D eigenvalue weighted by Gasteiger charge is -2.43. The van der Waals surface area contributed by atoms with Crippen LogP contribution in [0.4, 0.5) is 32.6 Å². The molecule has 42 heavy (non-hydrogen) atoms. The molecule has 0 unspecified atom stereocenters. The minimum atomic E-state index is -4.56. The number of nitrogens with one attached hydrogen (secondary N) is 1. The van der Waals surface area contributed by atoms with Gasteiger partial charge in [0.05, 0.1) is 0 Å². The normalized spacial score (nSPS) is 21.6. The first-order chi connectivity index (χ1) is 20.0. The molecule has 1 spiro atoms. The van der Waals surface area contributed by atoms with Crippen LogP contribution in [0.3, 0.4) is 0 Å². The van der Waals surface area contributed by atoms with E-state index in [4.69, 9.17) is 4.74 Å². The SMILES string of the molecule is O=C1Nc2ncccc2C2(CCN(C(=O)C[C@H]3CC[C@@H](c4cccc(F)c4F)Cn4c(CC(F)(F)F)nnc43)CC2)O1. The summed E-state index contributed by atoms with van der Waals surface area (Å²) >= 11 is 0. The van der Waals surface area contributed by atoms with E-state index in [0.29, 0.717) is 31.5 Å². The van der Waals surface area contributed by atoms with Gasteiger partial charge in [0.1, 0.15) is 29.5 Å². The Morgan fingerprint density at radius 3 is 2.64 bits per heavy atom. The lowest BCUT2D eigenvalue weighted by molar-refractivity contribution is -0.136. The predicted octanol–water partition coefficient (Wildman–Crippen LogP) is 5.19. The molecular weight excluding hydrogens is 563 g/mol. The van der Waals surface area contributed by atoms with Crippen molar-refractivity contribution in [1.29, 1.82) is 0 Å². The smallest absolute Gasteiger partial charge is 0.413 e. The molecule has 3 aliphatic rings. The standard InChI is InChI=1S/C28H27F5N6O3/c29-20-5-1-3-18(23(20)30)17-7-6-16(25-37-36-21(39(25)15-17)14-28(31,32)33)13-22(40)38-11-8-27(9-12-38)19-4-2-10-34-24(19)35-26(41)42-27/h1-5,10,16-17H,6-9,11-15H2,(H,34,35,41)/t16-,17-/m1/s1.